The van der Waals surface area contributed by atoms with Crippen LogP contribution in [0.4, 0.5) is 0 Å². The van der Waals surface area contributed by atoms with Crippen LogP contribution >= 0.6 is 0 Å². The van der Waals surface area contributed by atoms with E-state index in [0.717, 1.165) is 6.08 Å². The summed E-state index contributed by atoms with van der Waals surface area (Å²) in [4.78, 5) is 20.0. The molecule has 0 heterocycles. The van der Waals surface area contributed by atoms with Gasteiger partial charge in [-0.15, -0.1) is 0 Å². The minimum Gasteiger partial charge on any atom is -0.478 e. The van der Waals surface area contributed by atoms with Gasteiger partial charge in [0.05, 0.1) is 0 Å². The smallest absolute Gasteiger partial charge is 0.331 e. The Morgan fingerprint density at radius 2 is 1.82 bits per heavy atom. The van der Waals surface area contributed by atoms with Gasteiger partial charge >= 0.3 is 11.9 Å². The number of carboxylic acids is 2. The molecular weight excluding hydrogens is 148 g/mol. The molecule has 60 valence electrons. The number of aliphatic carboxylic acids is 2. The van der Waals surface area contributed by atoms with Crippen LogP contribution in [0.3, 0.4) is 0 Å². The Hall–Kier alpha value is -1.58. The Morgan fingerprint density at radius 3 is 2.18 bits per heavy atom. The molecule has 2 N–H and O–H groups in total. The molecule has 0 aromatic heterocycles. The summed E-state index contributed by atoms with van der Waals surface area (Å²) in [6.07, 6.45) is 3.26. The predicted molar refractivity (Wildman–Crippen MR) is 38.2 cm³/mol. The molecule has 0 saturated carbocycles. The molecule has 0 aliphatic rings. The second-order valence-corrected chi connectivity index (χ2v) is 1.85. The topological polar surface area (TPSA) is 74.6 Å². The Balaban J connectivity index is 4.13. The molecule has 0 aliphatic heterocycles. The third-order valence-electron chi connectivity index (χ3n) is 0.922. The van der Waals surface area contributed by atoms with Crippen LogP contribution in [0.5, 0.6) is 0 Å². The van der Waals surface area contributed by atoms with Crippen molar-refractivity contribution in [1.29, 1.82) is 0 Å². The summed E-state index contributed by atoms with van der Waals surface area (Å²) in [5.74, 6) is -2.15. The zero-order valence-electron chi connectivity index (χ0n) is 5.94. The van der Waals surface area contributed by atoms with Gasteiger partial charge in [-0.1, -0.05) is 12.2 Å². The van der Waals surface area contributed by atoms with Crippen molar-refractivity contribution >= 4 is 11.9 Å². The maximum Gasteiger partial charge on any atom is 0.331 e. The average molecular weight is 156 g/mol. The van der Waals surface area contributed by atoms with E-state index in [2.05, 4.69) is 0 Å². The first-order valence-electron chi connectivity index (χ1n) is 2.85. The van der Waals surface area contributed by atoms with E-state index < -0.39 is 11.9 Å². The number of carbonyl (C=O) groups is 2. The zero-order valence-corrected chi connectivity index (χ0v) is 5.94. The third-order valence-corrected chi connectivity index (χ3v) is 0.922. The minimum atomic E-state index is -1.10. The van der Waals surface area contributed by atoms with E-state index in [1.807, 2.05) is 0 Å². The van der Waals surface area contributed by atoms with Crippen molar-refractivity contribution in [2.45, 2.75) is 6.92 Å². The maximum absolute atomic E-state index is 10.1. The Morgan fingerprint density at radius 1 is 1.27 bits per heavy atom. The Bertz CT molecular complexity index is 225. The fourth-order valence-electron chi connectivity index (χ4n) is 0.346. The van der Waals surface area contributed by atoms with Gasteiger partial charge in [-0.05, 0) is 6.92 Å². The fraction of sp³-hybridized carbons (Fsp3) is 0.143. The van der Waals surface area contributed by atoms with Crippen LogP contribution in [-0.2, 0) is 9.59 Å². The van der Waals surface area contributed by atoms with Crippen molar-refractivity contribution in [2.24, 2.45) is 0 Å². The van der Waals surface area contributed by atoms with Crippen molar-refractivity contribution in [1.82, 2.24) is 0 Å². The molecule has 0 bridgehead atoms. The van der Waals surface area contributed by atoms with Crippen molar-refractivity contribution in [2.75, 3.05) is 0 Å². The van der Waals surface area contributed by atoms with Crippen LogP contribution in [0.1, 0.15) is 6.92 Å². The summed E-state index contributed by atoms with van der Waals surface area (Å²) in [7, 11) is 0. The Kier molecular flexibility index (Phi) is 3.66. The number of rotatable bonds is 3. The predicted octanol–water partition coefficient (Wildman–Crippen LogP) is 0.658. The summed E-state index contributed by atoms with van der Waals surface area (Å²) in [6.45, 7) is 1.38. The van der Waals surface area contributed by atoms with Crippen LogP contribution in [0.25, 0.3) is 0 Å². The van der Waals surface area contributed by atoms with Gasteiger partial charge in [0.15, 0.2) is 0 Å². The maximum atomic E-state index is 10.1. The van der Waals surface area contributed by atoms with Gasteiger partial charge in [0.25, 0.3) is 0 Å². The van der Waals surface area contributed by atoms with E-state index in [1.165, 1.54) is 19.1 Å². The first-order valence-corrected chi connectivity index (χ1v) is 2.85. The monoisotopic (exact) mass is 156 g/mol. The van der Waals surface area contributed by atoms with Crippen LogP contribution in [-0.4, -0.2) is 22.2 Å². The van der Waals surface area contributed by atoms with E-state index in [4.69, 9.17) is 10.2 Å². The normalized spacial score (nSPS) is 11.9. The lowest BCUT2D eigenvalue weighted by Crippen LogP contribution is -1.94. The van der Waals surface area contributed by atoms with Gasteiger partial charge in [-0.2, -0.15) is 0 Å². The van der Waals surface area contributed by atoms with Crippen molar-refractivity contribution in [3.8, 4) is 0 Å². The first kappa shape index (κ1) is 9.42. The fourth-order valence-corrected chi connectivity index (χ4v) is 0.346. The largest absolute Gasteiger partial charge is 0.478 e. The SMILES string of the molecule is CC(=CC=CC(=O)O)C(=O)O. The number of carboxylic acid groups (broad SMARTS) is 2. The third kappa shape index (κ3) is 4.90. The second-order valence-electron chi connectivity index (χ2n) is 1.85. The number of hydrogen-bond acceptors (Lipinski definition) is 2. The van der Waals surface area contributed by atoms with Gasteiger partial charge in [0.2, 0.25) is 0 Å². The number of allylic oxidation sites excluding steroid dienone is 2. The molecule has 0 rings (SSSR count). The molecule has 0 saturated heterocycles. The molecule has 0 radical (unpaired) electrons. The highest BCUT2D eigenvalue weighted by Crippen LogP contribution is 1.91. The van der Waals surface area contributed by atoms with Crippen molar-refractivity contribution < 1.29 is 19.8 Å². The average Bonchev–Trinajstić information content (AvgIpc) is 1.86. The molecular formula is C7H8O4. The highest BCUT2D eigenvalue weighted by molar-refractivity contribution is 5.86. The molecule has 11 heavy (non-hydrogen) atoms. The van der Waals surface area contributed by atoms with E-state index in [-0.39, 0.29) is 5.57 Å². The molecule has 4 nitrogen and oxygen atoms in total. The zero-order chi connectivity index (χ0) is 8.85. The summed E-state index contributed by atoms with van der Waals surface area (Å²) in [5, 5.41) is 16.4. The van der Waals surface area contributed by atoms with Gasteiger partial charge in [0, 0.05) is 11.6 Å². The molecule has 0 atom stereocenters. The van der Waals surface area contributed by atoms with Gasteiger partial charge in [-0.25, -0.2) is 9.59 Å². The summed E-state index contributed by atoms with van der Waals surface area (Å²) in [6, 6.07) is 0. The van der Waals surface area contributed by atoms with E-state index in [9.17, 15) is 9.59 Å². The van der Waals surface area contributed by atoms with Crippen LogP contribution in [0.2, 0.25) is 0 Å². The van der Waals surface area contributed by atoms with Gasteiger partial charge in [-0.3, -0.25) is 0 Å². The van der Waals surface area contributed by atoms with Gasteiger partial charge < -0.3 is 10.2 Å². The van der Waals surface area contributed by atoms with Crippen LogP contribution < -0.4 is 0 Å². The molecule has 0 aromatic carbocycles. The lowest BCUT2D eigenvalue weighted by molar-refractivity contribution is -0.133. The lowest BCUT2D eigenvalue weighted by atomic mass is 10.3. The van der Waals surface area contributed by atoms with Gasteiger partial charge in [0.1, 0.15) is 0 Å². The summed E-state index contributed by atoms with van der Waals surface area (Å²) >= 11 is 0. The molecule has 0 unspecified atom stereocenters. The molecule has 0 aromatic rings. The summed E-state index contributed by atoms with van der Waals surface area (Å²) < 4.78 is 0. The minimum absolute atomic E-state index is 0.0995. The van der Waals surface area contributed by atoms with Crippen molar-refractivity contribution in [3.63, 3.8) is 0 Å². The first-order chi connectivity index (χ1) is 5.04. The Labute approximate surface area is 63.5 Å². The van der Waals surface area contributed by atoms with E-state index in [0.29, 0.717) is 0 Å². The quantitative estimate of drug-likeness (QED) is 0.465. The van der Waals surface area contributed by atoms with Crippen molar-refractivity contribution in [3.05, 3.63) is 23.8 Å². The lowest BCUT2D eigenvalue weighted by Gasteiger charge is -1.86. The molecule has 0 fully saturated rings. The van der Waals surface area contributed by atoms with E-state index in [1.54, 1.807) is 0 Å². The molecule has 4 heteroatoms. The highest BCUT2D eigenvalue weighted by atomic mass is 16.4. The van der Waals surface area contributed by atoms with Crippen LogP contribution in [0.15, 0.2) is 23.8 Å². The van der Waals surface area contributed by atoms with Crippen LogP contribution in [0, 0.1) is 0 Å². The molecule has 0 aliphatic carbocycles. The second kappa shape index (κ2) is 4.27. The molecule has 0 spiro atoms. The van der Waals surface area contributed by atoms with E-state index >= 15 is 0 Å². The highest BCUT2D eigenvalue weighted by Gasteiger charge is 1.95. The number of hydrogen-bond donors (Lipinski definition) is 2. The standard InChI is InChI=1S/C7H8O4/c1-5(7(10)11)3-2-4-6(8)9/h2-4H,1H3,(H,8,9)(H,10,11). The summed E-state index contributed by atoms with van der Waals surface area (Å²) in [5.41, 5.74) is 0.0995. The molecule has 0 amide bonds.